The van der Waals surface area contributed by atoms with Crippen LogP contribution in [0.15, 0.2) is 0 Å². The Bertz CT molecular complexity index is 82.4. The molecular formula is C7H16S. The Balaban J connectivity index is 2.37. The van der Waals surface area contributed by atoms with Gasteiger partial charge >= 0.3 is 0 Å². The van der Waals surface area contributed by atoms with Gasteiger partial charge in [0, 0.05) is 0 Å². The monoisotopic (exact) mass is 132 g/mol. The van der Waals surface area contributed by atoms with E-state index in [1.165, 1.54) is 18.6 Å². The highest BCUT2D eigenvalue weighted by Crippen LogP contribution is 2.55. The van der Waals surface area contributed by atoms with Crippen LogP contribution in [0.3, 0.4) is 0 Å². The van der Waals surface area contributed by atoms with E-state index in [1.54, 1.807) is 0 Å². The van der Waals surface area contributed by atoms with E-state index >= 15 is 0 Å². The third-order valence-electron chi connectivity index (χ3n) is 2.17. The van der Waals surface area contributed by atoms with E-state index in [0.717, 1.165) is 5.25 Å². The van der Waals surface area contributed by atoms with Crippen molar-refractivity contribution in [3.63, 3.8) is 0 Å². The van der Waals surface area contributed by atoms with Gasteiger partial charge in [0.1, 0.15) is 0 Å². The fraction of sp³-hybridized carbons (Fsp3) is 1.00. The summed E-state index contributed by atoms with van der Waals surface area (Å²) in [5.41, 5.74) is 0. The van der Waals surface area contributed by atoms with Crippen LogP contribution in [0, 0.1) is 0 Å². The Morgan fingerprint density at radius 3 is 2.00 bits per heavy atom. The van der Waals surface area contributed by atoms with Gasteiger partial charge in [0.25, 0.3) is 0 Å². The molecule has 1 saturated carbocycles. The molecule has 0 aromatic carbocycles. The lowest BCUT2D eigenvalue weighted by molar-refractivity contribution is 1.39. The SMILES string of the molecule is CCS(C)(C)C1CC1. The maximum Gasteiger partial charge on any atom is -0.0116 e. The number of rotatable bonds is 2. The minimum Gasteiger partial charge on any atom is -0.244 e. The molecule has 0 bridgehead atoms. The van der Waals surface area contributed by atoms with E-state index in [4.69, 9.17) is 0 Å². The highest BCUT2D eigenvalue weighted by molar-refractivity contribution is 8.33. The van der Waals surface area contributed by atoms with Crippen molar-refractivity contribution in [3.8, 4) is 0 Å². The minimum atomic E-state index is -0.125. The Labute approximate surface area is 54.0 Å². The van der Waals surface area contributed by atoms with Gasteiger partial charge in [-0.05, 0) is 36.4 Å². The smallest absolute Gasteiger partial charge is 0.0116 e. The molecule has 0 atom stereocenters. The molecule has 0 aliphatic heterocycles. The normalized spacial score (nSPS) is 23.4. The molecule has 0 heterocycles. The molecule has 0 amide bonds. The fourth-order valence-electron chi connectivity index (χ4n) is 0.942. The topological polar surface area (TPSA) is 0 Å². The summed E-state index contributed by atoms with van der Waals surface area (Å²) in [7, 11) is -0.125. The number of hydrogen-bond acceptors (Lipinski definition) is 0. The van der Waals surface area contributed by atoms with Crippen LogP contribution in [0.4, 0.5) is 0 Å². The van der Waals surface area contributed by atoms with Crippen LogP contribution in [0.25, 0.3) is 0 Å². The highest BCUT2D eigenvalue weighted by atomic mass is 32.3. The first-order chi connectivity index (χ1) is 3.67. The van der Waals surface area contributed by atoms with E-state index in [1.807, 2.05) is 0 Å². The zero-order valence-electron chi connectivity index (χ0n) is 6.11. The molecule has 1 aliphatic carbocycles. The van der Waals surface area contributed by atoms with Crippen molar-refractivity contribution in [1.29, 1.82) is 0 Å². The summed E-state index contributed by atoms with van der Waals surface area (Å²) in [6.07, 6.45) is 7.97. The quantitative estimate of drug-likeness (QED) is 0.540. The van der Waals surface area contributed by atoms with Gasteiger partial charge in [-0.25, -0.2) is 10.0 Å². The molecule has 0 spiro atoms. The van der Waals surface area contributed by atoms with Crippen molar-refractivity contribution in [2.24, 2.45) is 0 Å². The first-order valence-electron chi connectivity index (χ1n) is 3.36. The second kappa shape index (κ2) is 1.94. The molecule has 1 rings (SSSR count). The summed E-state index contributed by atoms with van der Waals surface area (Å²) >= 11 is 0. The van der Waals surface area contributed by atoms with Gasteiger partial charge in [0.15, 0.2) is 0 Å². The van der Waals surface area contributed by atoms with Crippen LogP contribution in [0.5, 0.6) is 0 Å². The summed E-state index contributed by atoms with van der Waals surface area (Å²) in [5, 5.41) is 1.15. The third-order valence-corrected chi connectivity index (χ3v) is 5.93. The van der Waals surface area contributed by atoms with Crippen molar-refractivity contribution >= 4 is 10.0 Å². The van der Waals surface area contributed by atoms with E-state index in [2.05, 4.69) is 19.4 Å². The Kier molecular flexibility index (Phi) is 1.57. The molecule has 0 aromatic rings. The predicted molar refractivity (Wildman–Crippen MR) is 43.0 cm³/mol. The maximum absolute atomic E-state index is 2.46. The lowest BCUT2D eigenvalue weighted by Gasteiger charge is -2.29. The van der Waals surface area contributed by atoms with Gasteiger partial charge in [-0.2, -0.15) is 0 Å². The lowest BCUT2D eigenvalue weighted by Crippen LogP contribution is -2.02. The van der Waals surface area contributed by atoms with E-state index in [-0.39, 0.29) is 10.0 Å². The second-order valence-corrected chi connectivity index (χ2v) is 7.60. The summed E-state index contributed by atoms with van der Waals surface area (Å²) < 4.78 is 0. The van der Waals surface area contributed by atoms with Crippen molar-refractivity contribution in [2.45, 2.75) is 25.0 Å². The second-order valence-electron chi connectivity index (χ2n) is 3.11. The van der Waals surface area contributed by atoms with Crippen LogP contribution in [0.1, 0.15) is 19.8 Å². The van der Waals surface area contributed by atoms with Gasteiger partial charge in [-0.1, -0.05) is 6.92 Å². The minimum absolute atomic E-state index is 0.125. The maximum atomic E-state index is 2.46. The fourth-order valence-corrected chi connectivity index (χ4v) is 2.83. The molecule has 50 valence electrons. The zero-order valence-corrected chi connectivity index (χ0v) is 6.92. The van der Waals surface area contributed by atoms with E-state index < -0.39 is 0 Å². The predicted octanol–water partition coefficient (Wildman–Crippen LogP) is 2.23. The molecule has 0 nitrogen and oxygen atoms in total. The molecule has 0 unspecified atom stereocenters. The van der Waals surface area contributed by atoms with Crippen molar-refractivity contribution in [2.75, 3.05) is 18.3 Å². The van der Waals surface area contributed by atoms with Crippen molar-refractivity contribution in [1.82, 2.24) is 0 Å². The molecule has 1 aliphatic rings. The molecule has 0 aromatic heterocycles. The van der Waals surface area contributed by atoms with E-state index in [0.29, 0.717) is 0 Å². The molecule has 1 heteroatoms. The average molecular weight is 132 g/mol. The van der Waals surface area contributed by atoms with Crippen LogP contribution in [-0.2, 0) is 0 Å². The first kappa shape index (κ1) is 6.47. The lowest BCUT2D eigenvalue weighted by atomic mass is 10.9. The van der Waals surface area contributed by atoms with Crippen LogP contribution >= 0.6 is 10.0 Å². The highest BCUT2D eigenvalue weighted by Gasteiger charge is 2.32. The molecule has 8 heavy (non-hydrogen) atoms. The number of hydrogen-bond donors (Lipinski definition) is 0. The molecule has 1 fully saturated rings. The zero-order chi connectivity index (χ0) is 6.20. The van der Waals surface area contributed by atoms with Gasteiger partial charge < -0.3 is 0 Å². The molecule has 0 radical (unpaired) electrons. The summed E-state index contributed by atoms with van der Waals surface area (Å²) in [6.45, 7) is 2.33. The van der Waals surface area contributed by atoms with Gasteiger partial charge in [-0.15, -0.1) is 0 Å². The van der Waals surface area contributed by atoms with Crippen LogP contribution in [0.2, 0.25) is 0 Å². The summed E-state index contributed by atoms with van der Waals surface area (Å²) in [4.78, 5) is 0. The van der Waals surface area contributed by atoms with Crippen molar-refractivity contribution < 1.29 is 0 Å². The summed E-state index contributed by atoms with van der Waals surface area (Å²) in [6, 6.07) is 0. The third kappa shape index (κ3) is 1.19. The largest absolute Gasteiger partial charge is 0.244 e. The Morgan fingerprint density at radius 2 is 1.88 bits per heavy atom. The Morgan fingerprint density at radius 1 is 1.38 bits per heavy atom. The van der Waals surface area contributed by atoms with E-state index in [9.17, 15) is 0 Å². The average Bonchev–Trinajstić information content (AvgIpc) is 2.44. The van der Waals surface area contributed by atoms with Gasteiger partial charge in [-0.3, -0.25) is 0 Å². The Hall–Kier alpha value is 0.350. The summed E-state index contributed by atoms with van der Waals surface area (Å²) in [5.74, 6) is 1.43. The van der Waals surface area contributed by atoms with Crippen LogP contribution in [-0.4, -0.2) is 23.5 Å². The van der Waals surface area contributed by atoms with Crippen molar-refractivity contribution in [3.05, 3.63) is 0 Å². The molecule has 0 saturated heterocycles. The standard InChI is InChI=1S/C7H16S/c1-4-8(2,3)7-5-6-7/h7H,4-6H2,1-3H3. The van der Waals surface area contributed by atoms with Crippen LogP contribution < -0.4 is 0 Å². The molecule has 0 N–H and O–H groups in total. The first-order valence-corrected chi connectivity index (χ1v) is 6.05. The van der Waals surface area contributed by atoms with Gasteiger partial charge in [0.05, 0.1) is 0 Å². The van der Waals surface area contributed by atoms with Gasteiger partial charge in [0.2, 0.25) is 0 Å². The molecular weight excluding hydrogens is 116 g/mol.